The van der Waals surface area contributed by atoms with Crippen LogP contribution in [0.1, 0.15) is 16.1 Å². The van der Waals surface area contributed by atoms with E-state index in [-0.39, 0.29) is 11.9 Å². The van der Waals surface area contributed by atoms with Crippen molar-refractivity contribution in [3.8, 4) is 0 Å². The molecule has 78 valence electrons. The number of rotatable bonds is 2. The van der Waals surface area contributed by atoms with Crippen LogP contribution in [0.25, 0.3) is 0 Å². The number of hydrogen-bond acceptors (Lipinski definition) is 5. The molecule has 2 heterocycles. The number of amides is 1. The minimum Gasteiger partial charge on any atom is -0.288 e. The lowest BCUT2D eigenvalue weighted by molar-refractivity contribution is 0.102. The fourth-order valence-corrected chi connectivity index (χ4v) is 1.08. The summed E-state index contributed by atoms with van der Waals surface area (Å²) in [5.74, 6) is -0.141. The molecule has 2 aromatic rings. The fourth-order valence-electron chi connectivity index (χ4n) is 1.08. The van der Waals surface area contributed by atoms with Crippen LogP contribution in [0.2, 0.25) is 0 Å². The van der Waals surface area contributed by atoms with Crippen LogP contribution in [0.15, 0.2) is 6.20 Å². The van der Waals surface area contributed by atoms with Gasteiger partial charge in [0, 0.05) is 5.69 Å². The van der Waals surface area contributed by atoms with Crippen LogP contribution in [-0.2, 0) is 7.05 Å². The van der Waals surface area contributed by atoms with Gasteiger partial charge in [0.2, 0.25) is 0 Å². The normalized spacial score (nSPS) is 10.3. The minimum absolute atomic E-state index is 0.170. The van der Waals surface area contributed by atoms with E-state index in [9.17, 15) is 4.79 Å². The van der Waals surface area contributed by atoms with E-state index < -0.39 is 0 Å². The summed E-state index contributed by atoms with van der Waals surface area (Å²) < 4.78 is 0. The first-order valence-corrected chi connectivity index (χ1v) is 4.22. The summed E-state index contributed by atoms with van der Waals surface area (Å²) in [4.78, 5) is 12.9. The standard InChI is InChI=1S/C7H9N7O/c1-4-5(3-8-10-4)6(15)9-7-11-13-14(2)12-7/h3H,1-2H3,(H,8,10)(H,9,12,15). The Morgan fingerprint density at radius 1 is 1.60 bits per heavy atom. The van der Waals surface area contributed by atoms with Crippen LogP contribution in [0.5, 0.6) is 0 Å². The van der Waals surface area contributed by atoms with Crippen LogP contribution < -0.4 is 5.32 Å². The summed E-state index contributed by atoms with van der Waals surface area (Å²) in [5.41, 5.74) is 1.15. The molecule has 0 atom stereocenters. The van der Waals surface area contributed by atoms with E-state index in [0.29, 0.717) is 11.3 Å². The van der Waals surface area contributed by atoms with Crippen LogP contribution >= 0.6 is 0 Å². The molecule has 0 bridgehead atoms. The molecule has 2 aromatic heterocycles. The van der Waals surface area contributed by atoms with Crippen LogP contribution in [0.4, 0.5) is 5.95 Å². The quantitative estimate of drug-likeness (QED) is 0.690. The van der Waals surface area contributed by atoms with Crippen molar-refractivity contribution in [1.82, 2.24) is 30.4 Å². The number of carbonyl (C=O) groups excluding carboxylic acids is 1. The summed E-state index contributed by atoms with van der Waals surface area (Å²) in [5, 5.41) is 20.0. The highest BCUT2D eigenvalue weighted by Gasteiger charge is 2.12. The molecule has 8 heteroatoms. The lowest BCUT2D eigenvalue weighted by atomic mass is 10.2. The number of aromatic amines is 1. The van der Waals surface area contributed by atoms with E-state index >= 15 is 0 Å². The maximum Gasteiger partial charge on any atom is 0.270 e. The number of anilines is 1. The molecule has 0 saturated heterocycles. The molecule has 0 unspecified atom stereocenters. The molecule has 0 aliphatic heterocycles. The zero-order chi connectivity index (χ0) is 10.8. The van der Waals surface area contributed by atoms with E-state index in [2.05, 4.69) is 30.9 Å². The first-order valence-electron chi connectivity index (χ1n) is 4.22. The van der Waals surface area contributed by atoms with Gasteiger partial charge < -0.3 is 0 Å². The van der Waals surface area contributed by atoms with Gasteiger partial charge in [-0.15, -0.1) is 5.10 Å². The largest absolute Gasteiger partial charge is 0.288 e. The van der Waals surface area contributed by atoms with Gasteiger partial charge in [0.05, 0.1) is 18.8 Å². The van der Waals surface area contributed by atoms with Gasteiger partial charge in [0.25, 0.3) is 11.9 Å². The molecule has 0 saturated carbocycles. The van der Waals surface area contributed by atoms with Crippen molar-refractivity contribution in [2.75, 3.05) is 5.32 Å². The van der Waals surface area contributed by atoms with Crippen LogP contribution in [-0.4, -0.2) is 36.3 Å². The molecule has 0 radical (unpaired) electrons. The molecule has 1 amide bonds. The van der Waals surface area contributed by atoms with Gasteiger partial charge in [-0.25, -0.2) is 0 Å². The second kappa shape index (κ2) is 3.48. The number of nitrogens with one attached hydrogen (secondary N) is 2. The van der Waals surface area contributed by atoms with Crippen LogP contribution in [0, 0.1) is 6.92 Å². The zero-order valence-corrected chi connectivity index (χ0v) is 8.22. The van der Waals surface area contributed by atoms with Crippen molar-refractivity contribution in [3.05, 3.63) is 17.5 Å². The monoisotopic (exact) mass is 207 g/mol. The van der Waals surface area contributed by atoms with Gasteiger partial charge in [0.1, 0.15) is 0 Å². The van der Waals surface area contributed by atoms with Gasteiger partial charge in [-0.05, 0) is 12.1 Å². The van der Waals surface area contributed by atoms with Gasteiger partial charge >= 0.3 is 0 Å². The van der Waals surface area contributed by atoms with Crippen LogP contribution in [0.3, 0.4) is 0 Å². The van der Waals surface area contributed by atoms with E-state index in [0.717, 1.165) is 0 Å². The van der Waals surface area contributed by atoms with Gasteiger partial charge in [-0.3, -0.25) is 15.2 Å². The number of hydrogen-bond donors (Lipinski definition) is 2. The third-order valence-electron chi connectivity index (χ3n) is 1.81. The maximum absolute atomic E-state index is 11.6. The maximum atomic E-state index is 11.6. The SMILES string of the molecule is Cc1[nH]ncc1C(=O)Nc1nnn(C)n1. The molecular weight excluding hydrogens is 198 g/mol. The Hall–Kier alpha value is -2.25. The molecule has 0 aromatic carbocycles. The second-order valence-corrected chi connectivity index (χ2v) is 2.97. The average molecular weight is 207 g/mol. The van der Waals surface area contributed by atoms with Crippen molar-refractivity contribution < 1.29 is 4.79 Å². The first kappa shape index (κ1) is 9.31. The number of carbonyl (C=O) groups is 1. The summed E-state index contributed by atoms with van der Waals surface area (Å²) in [6.07, 6.45) is 1.45. The Balaban J connectivity index is 2.14. The van der Waals surface area contributed by atoms with Crippen molar-refractivity contribution in [2.24, 2.45) is 7.05 Å². The minimum atomic E-state index is -0.311. The second-order valence-electron chi connectivity index (χ2n) is 2.97. The van der Waals surface area contributed by atoms with Crippen molar-refractivity contribution in [2.45, 2.75) is 6.92 Å². The fraction of sp³-hybridized carbons (Fsp3) is 0.286. The lowest BCUT2D eigenvalue weighted by Gasteiger charge is -1.97. The molecule has 15 heavy (non-hydrogen) atoms. The first-order chi connectivity index (χ1) is 7.16. The molecule has 8 nitrogen and oxygen atoms in total. The van der Waals surface area contributed by atoms with E-state index in [1.165, 1.54) is 11.0 Å². The average Bonchev–Trinajstić information content (AvgIpc) is 2.75. The smallest absolute Gasteiger partial charge is 0.270 e. The Labute approximate surface area is 84.7 Å². The summed E-state index contributed by atoms with van der Waals surface area (Å²) in [7, 11) is 1.62. The molecule has 2 N–H and O–H groups in total. The summed E-state index contributed by atoms with van der Waals surface area (Å²) >= 11 is 0. The number of aromatic nitrogens is 6. The van der Waals surface area contributed by atoms with Crippen molar-refractivity contribution >= 4 is 11.9 Å². The highest BCUT2D eigenvalue weighted by molar-refractivity contribution is 6.03. The van der Waals surface area contributed by atoms with E-state index in [4.69, 9.17) is 0 Å². The molecule has 0 spiro atoms. The topological polar surface area (TPSA) is 101 Å². The number of nitrogens with zero attached hydrogens (tertiary/aromatic N) is 5. The molecule has 0 fully saturated rings. The summed E-state index contributed by atoms with van der Waals surface area (Å²) in [6.45, 7) is 1.76. The Kier molecular flexibility index (Phi) is 2.16. The Bertz CT molecular complexity index is 485. The Morgan fingerprint density at radius 2 is 2.40 bits per heavy atom. The predicted molar refractivity (Wildman–Crippen MR) is 50.1 cm³/mol. The highest BCUT2D eigenvalue weighted by Crippen LogP contribution is 2.04. The predicted octanol–water partition coefficient (Wildman–Crippen LogP) is -0.506. The van der Waals surface area contributed by atoms with Crippen molar-refractivity contribution in [3.63, 3.8) is 0 Å². The van der Waals surface area contributed by atoms with Gasteiger partial charge in [-0.1, -0.05) is 5.10 Å². The molecular formula is C7H9N7O. The number of H-pyrrole nitrogens is 1. The third-order valence-corrected chi connectivity index (χ3v) is 1.81. The van der Waals surface area contributed by atoms with E-state index in [1.54, 1.807) is 14.0 Å². The molecule has 0 aliphatic rings. The zero-order valence-electron chi connectivity index (χ0n) is 8.22. The number of tetrazole rings is 1. The Morgan fingerprint density at radius 3 is 2.93 bits per heavy atom. The van der Waals surface area contributed by atoms with Gasteiger partial charge in [-0.2, -0.15) is 9.90 Å². The highest BCUT2D eigenvalue weighted by atomic mass is 16.1. The van der Waals surface area contributed by atoms with Crippen molar-refractivity contribution in [1.29, 1.82) is 0 Å². The van der Waals surface area contributed by atoms with Gasteiger partial charge in [0.15, 0.2) is 0 Å². The molecule has 0 aliphatic carbocycles. The summed E-state index contributed by atoms with van der Waals surface area (Å²) in [6, 6.07) is 0. The molecule has 2 rings (SSSR count). The third kappa shape index (κ3) is 1.82. The number of aryl methyl sites for hydroxylation is 2. The van der Waals surface area contributed by atoms with E-state index in [1.807, 2.05) is 0 Å². The lowest BCUT2D eigenvalue weighted by Crippen LogP contribution is -2.13.